The zero-order chi connectivity index (χ0) is 18.9. The number of benzene rings is 1. The van der Waals surface area contributed by atoms with E-state index in [9.17, 15) is 9.59 Å². The summed E-state index contributed by atoms with van der Waals surface area (Å²) >= 11 is 0. The van der Waals surface area contributed by atoms with Gasteiger partial charge in [0, 0.05) is 6.61 Å². The maximum Gasteiger partial charge on any atom is 0.367 e. The molecule has 0 unspecified atom stereocenters. The van der Waals surface area contributed by atoms with E-state index in [0.717, 1.165) is 12.8 Å². The highest BCUT2D eigenvalue weighted by atomic mass is 35.5. The van der Waals surface area contributed by atoms with E-state index in [1.54, 1.807) is 31.2 Å². The average molecular weight is 402 g/mol. The molecule has 152 valence electrons. The molecule has 0 aromatic heterocycles. The average Bonchev–Trinajstić information content (AvgIpc) is 2.69. The van der Waals surface area contributed by atoms with Gasteiger partial charge in [-0.15, -0.1) is 0 Å². The molecule has 1 aliphatic heterocycles. The maximum atomic E-state index is 12.5. The Morgan fingerprint density at radius 2 is 1.96 bits per heavy atom. The fourth-order valence-corrected chi connectivity index (χ4v) is 2.60. The Balaban J connectivity index is 0.00000364. The molecule has 0 bridgehead atoms. The van der Waals surface area contributed by atoms with E-state index < -0.39 is 36.3 Å². The number of halogens is 1. The van der Waals surface area contributed by atoms with Crippen LogP contribution < -0.4 is 18.1 Å². The lowest BCUT2D eigenvalue weighted by Gasteiger charge is -2.30. The lowest BCUT2D eigenvalue weighted by Crippen LogP contribution is -3.00. The molecule has 7 nitrogen and oxygen atoms in total. The van der Waals surface area contributed by atoms with Gasteiger partial charge in [-0.25, -0.2) is 9.59 Å². The summed E-state index contributed by atoms with van der Waals surface area (Å²) in [4.78, 5) is 24.5. The van der Waals surface area contributed by atoms with Crippen LogP contribution in [0.5, 0.6) is 0 Å². The third-order valence-corrected chi connectivity index (χ3v) is 4.15. The van der Waals surface area contributed by atoms with E-state index in [0.29, 0.717) is 12.2 Å². The van der Waals surface area contributed by atoms with Crippen molar-refractivity contribution in [1.29, 1.82) is 0 Å². The van der Waals surface area contributed by atoms with Crippen LogP contribution in [-0.4, -0.2) is 56.1 Å². The van der Waals surface area contributed by atoms with Gasteiger partial charge in [0.15, 0.2) is 6.10 Å². The molecule has 1 aromatic rings. The van der Waals surface area contributed by atoms with Crippen molar-refractivity contribution in [1.82, 2.24) is 0 Å². The summed E-state index contributed by atoms with van der Waals surface area (Å²) in [6.45, 7) is 4.60. The zero-order valence-corrected chi connectivity index (χ0v) is 16.5. The summed E-state index contributed by atoms with van der Waals surface area (Å²) in [5.41, 5.74) is 4.17. The first-order valence-electron chi connectivity index (χ1n) is 9.01. The van der Waals surface area contributed by atoms with Crippen molar-refractivity contribution in [2.24, 2.45) is 0 Å². The van der Waals surface area contributed by atoms with Gasteiger partial charge in [-0.05, 0) is 25.5 Å². The minimum Gasteiger partial charge on any atom is -1.00 e. The predicted molar refractivity (Wildman–Crippen MR) is 93.3 cm³/mol. The van der Waals surface area contributed by atoms with E-state index in [4.69, 9.17) is 18.9 Å². The molecule has 0 amide bonds. The van der Waals surface area contributed by atoms with Gasteiger partial charge in [-0.1, -0.05) is 31.5 Å². The number of hydrogen-bond donors (Lipinski definition) is 1. The molecule has 1 aliphatic rings. The summed E-state index contributed by atoms with van der Waals surface area (Å²) in [6.07, 6.45) is -0.112. The van der Waals surface area contributed by atoms with E-state index in [2.05, 4.69) is 12.7 Å². The Hall–Kier alpha value is -1.67. The molecule has 8 heteroatoms. The largest absolute Gasteiger partial charge is 1.00 e. The predicted octanol–water partition coefficient (Wildman–Crippen LogP) is -2.03. The second kappa shape index (κ2) is 11.9. The Labute approximate surface area is 165 Å². The normalized spacial score (nSPS) is 26.0. The maximum absolute atomic E-state index is 12.5. The van der Waals surface area contributed by atoms with Crippen molar-refractivity contribution in [3.05, 3.63) is 35.9 Å². The second-order valence-electron chi connectivity index (χ2n) is 6.38. The first-order valence-corrected chi connectivity index (χ1v) is 9.01. The highest BCUT2D eigenvalue weighted by Gasteiger charge is 2.37. The molecule has 4 atom stereocenters. The minimum absolute atomic E-state index is 0. The lowest BCUT2D eigenvalue weighted by atomic mass is 10.1. The van der Waals surface area contributed by atoms with Crippen LogP contribution in [0.2, 0.25) is 0 Å². The van der Waals surface area contributed by atoms with E-state index in [1.807, 2.05) is 6.07 Å². The molecular weight excluding hydrogens is 374 g/mol. The first kappa shape index (κ1) is 23.4. The van der Waals surface area contributed by atoms with Gasteiger partial charge in [0.25, 0.3) is 0 Å². The fourth-order valence-electron chi connectivity index (χ4n) is 2.60. The zero-order valence-electron chi connectivity index (χ0n) is 15.8. The summed E-state index contributed by atoms with van der Waals surface area (Å²) in [6, 6.07) is 8.05. The molecule has 1 saturated heterocycles. The van der Waals surface area contributed by atoms with Gasteiger partial charge in [0.1, 0.15) is 18.8 Å². The van der Waals surface area contributed by atoms with Crippen LogP contribution in [-0.2, 0) is 23.7 Å². The summed E-state index contributed by atoms with van der Waals surface area (Å²) < 4.78 is 22.6. The highest BCUT2D eigenvalue weighted by Crippen LogP contribution is 2.18. The van der Waals surface area contributed by atoms with E-state index in [1.165, 1.54) is 0 Å². The lowest BCUT2D eigenvalue weighted by molar-refractivity contribution is -0.415. The fraction of sp³-hybridized carbons (Fsp3) is 0.579. The highest BCUT2D eigenvalue weighted by molar-refractivity contribution is 5.89. The van der Waals surface area contributed by atoms with Crippen molar-refractivity contribution < 1.29 is 46.7 Å². The Morgan fingerprint density at radius 3 is 2.63 bits per heavy atom. The molecular formula is C19H28ClNO6. The molecule has 1 aromatic carbocycles. The number of hydrogen-bond acceptors (Lipinski definition) is 6. The van der Waals surface area contributed by atoms with Crippen LogP contribution >= 0.6 is 0 Å². The third-order valence-electron chi connectivity index (χ3n) is 4.15. The van der Waals surface area contributed by atoms with Crippen molar-refractivity contribution in [2.45, 2.75) is 51.0 Å². The van der Waals surface area contributed by atoms with Crippen molar-refractivity contribution in [3.8, 4) is 0 Å². The summed E-state index contributed by atoms with van der Waals surface area (Å²) in [7, 11) is 0. The van der Waals surface area contributed by atoms with Crippen LogP contribution in [0.25, 0.3) is 0 Å². The van der Waals surface area contributed by atoms with Gasteiger partial charge < -0.3 is 37.1 Å². The second-order valence-corrected chi connectivity index (χ2v) is 6.38. The molecule has 1 heterocycles. The molecule has 0 aliphatic carbocycles. The molecule has 0 saturated carbocycles. The van der Waals surface area contributed by atoms with Crippen LogP contribution in [0.4, 0.5) is 0 Å². The van der Waals surface area contributed by atoms with Gasteiger partial charge in [0.05, 0.1) is 12.2 Å². The molecule has 0 radical (unpaired) electrons. The first-order chi connectivity index (χ1) is 12.5. The smallest absolute Gasteiger partial charge is 0.367 e. The van der Waals surface area contributed by atoms with Crippen LogP contribution in [0.3, 0.4) is 0 Å². The molecule has 0 spiro atoms. The Bertz CT molecular complexity index is 585. The monoisotopic (exact) mass is 401 g/mol. The van der Waals surface area contributed by atoms with Crippen molar-refractivity contribution in [3.63, 3.8) is 0 Å². The number of carbonyl (C=O) groups is 2. The van der Waals surface area contributed by atoms with E-state index >= 15 is 0 Å². The Morgan fingerprint density at radius 1 is 1.26 bits per heavy atom. The van der Waals surface area contributed by atoms with Crippen LogP contribution in [0.15, 0.2) is 30.3 Å². The number of esters is 2. The molecule has 1 fully saturated rings. The SMILES string of the molecule is CCCCO[C@H]1COC[C@H]([NH3+])C(=O)O[C@@H](C)[C@@H]1OC(=O)c1ccccc1.[Cl-]. The van der Waals surface area contributed by atoms with E-state index in [-0.39, 0.29) is 25.6 Å². The number of ether oxygens (including phenoxy) is 4. The minimum atomic E-state index is -0.770. The molecule has 2 rings (SSSR count). The van der Waals surface area contributed by atoms with Crippen molar-refractivity contribution in [2.75, 3.05) is 19.8 Å². The van der Waals surface area contributed by atoms with Gasteiger partial charge >= 0.3 is 11.9 Å². The van der Waals surface area contributed by atoms with Crippen molar-refractivity contribution >= 4 is 11.9 Å². The number of quaternary nitrogens is 1. The quantitative estimate of drug-likeness (QED) is 0.436. The summed E-state index contributed by atoms with van der Waals surface area (Å²) in [5, 5.41) is 0. The molecule has 3 N–H and O–H groups in total. The van der Waals surface area contributed by atoms with Gasteiger partial charge in [-0.3, -0.25) is 0 Å². The number of carbonyl (C=O) groups excluding carboxylic acids is 2. The number of rotatable bonds is 6. The molecule has 27 heavy (non-hydrogen) atoms. The summed E-state index contributed by atoms with van der Waals surface area (Å²) in [5.74, 6) is -0.972. The van der Waals surface area contributed by atoms with Crippen LogP contribution in [0.1, 0.15) is 37.0 Å². The third kappa shape index (κ3) is 7.10. The number of cyclic esters (lactones) is 1. The van der Waals surface area contributed by atoms with Gasteiger partial charge in [-0.2, -0.15) is 0 Å². The number of unbranched alkanes of at least 4 members (excludes halogenated alkanes) is 1. The van der Waals surface area contributed by atoms with Crippen LogP contribution in [0, 0.1) is 0 Å². The topological polar surface area (TPSA) is 98.7 Å². The standard InChI is InChI=1S/C19H27NO6.ClH/c1-3-4-10-24-16-12-23-11-15(20)19(22)25-13(2)17(16)26-18(21)14-8-6-5-7-9-14;/h5-9,13,15-17H,3-4,10-12,20H2,1-2H3;1H/t13-,15-,16-,17-;/m0./s1. The Kier molecular flexibility index (Phi) is 10.3. The van der Waals surface area contributed by atoms with Gasteiger partial charge in [0.2, 0.25) is 6.04 Å².